The van der Waals surface area contributed by atoms with Gasteiger partial charge in [-0.2, -0.15) is 0 Å². The van der Waals surface area contributed by atoms with E-state index in [2.05, 4.69) is 9.46 Å². The highest BCUT2D eigenvalue weighted by atomic mass is 35.5. The Morgan fingerprint density at radius 3 is 2.58 bits per heavy atom. The first-order valence-corrected chi connectivity index (χ1v) is 7.47. The highest BCUT2D eigenvalue weighted by molar-refractivity contribution is 7.89. The average Bonchev–Trinajstić information content (AvgIpc) is 2.74. The Balaban J connectivity index is 0.00000324. The van der Waals surface area contributed by atoms with Crippen molar-refractivity contribution in [3.63, 3.8) is 0 Å². The maximum atomic E-state index is 11.9. The van der Waals surface area contributed by atoms with Gasteiger partial charge in [0.2, 0.25) is 10.0 Å². The molecule has 0 saturated carbocycles. The molecule has 0 aliphatic carbocycles. The van der Waals surface area contributed by atoms with Gasteiger partial charge in [-0.1, -0.05) is 0 Å². The van der Waals surface area contributed by atoms with Gasteiger partial charge in [0.15, 0.2) is 0 Å². The number of methoxy groups -OCH3 is 1. The van der Waals surface area contributed by atoms with Gasteiger partial charge in [0.1, 0.15) is 4.88 Å². The molecule has 0 atom stereocenters. The minimum Gasteiger partial charge on any atom is -0.465 e. The Morgan fingerprint density at radius 2 is 2.11 bits per heavy atom. The highest BCUT2D eigenvalue weighted by Crippen LogP contribution is 2.20. The van der Waals surface area contributed by atoms with Crippen LogP contribution in [0.2, 0.25) is 0 Å². The van der Waals surface area contributed by atoms with E-state index >= 15 is 0 Å². The number of carbonyl (C=O) groups excluding carboxylic acids is 1. The lowest BCUT2D eigenvalue weighted by Crippen LogP contribution is -2.44. The Morgan fingerprint density at radius 1 is 1.53 bits per heavy atom. The summed E-state index contributed by atoms with van der Waals surface area (Å²) in [6.07, 6.45) is 0. The summed E-state index contributed by atoms with van der Waals surface area (Å²) in [7, 11) is -2.40. The zero-order valence-corrected chi connectivity index (χ0v) is 13.2. The molecular formula is C10H17ClN2O4S2. The number of rotatable bonds is 5. The van der Waals surface area contributed by atoms with Crippen molar-refractivity contribution in [1.82, 2.24) is 4.72 Å². The lowest BCUT2D eigenvalue weighted by Gasteiger charge is -2.18. The van der Waals surface area contributed by atoms with E-state index in [9.17, 15) is 13.2 Å². The predicted octanol–water partition coefficient (Wildman–Crippen LogP) is 0.972. The van der Waals surface area contributed by atoms with Crippen LogP contribution in [0.15, 0.2) is 16.3 Å². The van der Waals surface area contributed by atoms with Crippen LogP contribution in [0.25, 0.3) is 0 Å². The fraction of sp³-hybridized carbons (Fsp3) is 0.500. The smallest absolute Gasteiger partial charge is 0.348 e. The van der Waals surface area contributed by atoms with Crippen LogP contribution in [0, 0.1) is 0 Å². The molecule has 0 aromatic carbocycles. The zero-order valence-electron chi connectivity index (χ0n) is 10.8. The molecule has 1 aromatic rings. The summed E-state index contributed by atoms with van der Waals surface area (Å²) in [6.45, 7) is 3.53. The van der Waals surface area contributed by atoms with Crippen LogP contribution in [0.4, 0.5) is 0 Å². The number of nitrogens with two attached hydrogens (primary N) is 1. The van der Waals surface area contributed by atoms with E-state index < -0.39 is 21.5 Å². The second-order valence-corrected chi connectivity index (χ2v) is 7.13. The average molecular weight is 329 g/mol. The quantitative estimate of drug-likeness (QED) is 0.785. The first-order chi connectivity index (χ1) is 8.15. The number of halogens is 1. The Labute approximate surface area is 122 Å². The van der Waals surface area contributed by atoms with Crippen molar-refractivity contribution in [2.45, 2.75) is 24.3 Å². The molecule has 110 valence electrons. The van der Waals surface area contributed by atoms with Gasteiger partial charge in [-0.15, -0.1) is 23.7 Å². The topological polar surface area (TPSA) is 98.5 Å². The molecule has 9 heteroatoms. The van der Waals surface area contributed by atoms with E-state index in [1.807, 2.05) is 0 Å². The number of nitrogens with one attached hydrogen (secondary N) is 1. The standard InChI is InChI=1S/C10H16N2O4S2.ClH/c1-10(2,11)6-12-18(14,15)7-4-8(17-5-7)9(13)16-3;/h4-5,12H,6,11H2,1-3H3;1H. The van der Waals surface area contributed by atoms with Gasteiger partial charge in [0.25, 0.3) is 0 Å². The first-order valence-electron chi connectivity index (χ1n) is 5.11. The predicted molar refractivity (Wildman–Crippen MR) is 76.4 cm³/mol. The monoisotopic (exact) mass is 328 g/mol. The van der Waals surface area contributed by atoms with Gasteiger partial charge in [-0.3, -0.25) is 0 Å². The highest BCUT2D eigenvalue weighted by Gasteiger charge is 2.21. The van der Waals surface area contributed by atoms with Gasteiger partial charge in [-0.25, -0.2) is 17.9 Å². The van der Waals surface area contributed by atoms with Gasteiger partial charge >= 0.3 is 5.97 Å². The van der Waals surface area contributed by atoms with Crippen molar-refractivity contribution < 1.29 is 17.9 Å². The number of carbonyl (C=O) groups is 1. The molecule has 0 saturated heterocycles. The normalized spacial score (nSPS) is 11.8. The summed E-state index contributed by atoms with van der Waals surface area (Å²) < 4.78 is 30.7. The number of esters is 1. The summed E-state index contributed by atoms with van der Waals surface area (Å²) in [5.74, 6) is -0.555. The molecule has 0 spiro atoms. The molecule has 0 bridgehead atoms. The van der Waals surface area contributed by atoms with Crippen molar-refractivity contribution in [3.05, 3.63) is 16.3 Å². The third-order valence-electron chi connectivity index (χ3n) is 1.99. The molecule has 0 fully saturated rings. The minimum absolute atomic E-state index is 0. The summed E-state index contributed by atoms with van der Waals surface area (Å²) in [4.78, 5) is 11.5. The third kappa shape index (κ3) is 5.45. The number of sulfonamides is 1. The molecule has 6 nitrogen and oxygen atoms in total. The van der Waals surface area contributed by atoms with Gasteiger partial charge in [0, 0.05) is 17.5 Å². The molecule has 3 N–H and O–H groups in total. The van der Waals surface area contributed by atoms with Crippen molar-refractivity contribution in [2.75, 3.05) is 13.7 Å². The molecular weight excluding hydrogens is 312 g/mol. The van der Waals surface area contributed by atoms with Crippen LogP contribution in [0.5, 0.6) is 0 Å². The molecule has 0 amide bonds. The fourth-order valence-corrected chi connectivity index (χ4v) is 3.44. The molecule has 0 unspecified atom stereocenters. The summed E-state index contributed by atoms with van der Waals surface area (Å²) in [5.41, 5.74) is 5.05. The second kappa shape index (κ2) is 6.67. The van der Waals surface area contributed by atoms with Crippen LogP contribution in [0.1, 0.15) is 23.5 Å². The maximum Gasteiger partial charge on any atom is 0.348 e. The Hall–Kier alpha value is -0.670. The van der Waals surface area contributed by atoms with Crippen molar-refractivity contribution in [2.24, 2.45) is 5.73 Å². The van der Waals surface area contributed by atoms with Crippen LogP contribution < -0.4 is 10.5 Å². The molecule has 1 rings (SSSR count). The molecule has 0 aliphatic heterocycles. The lowest BCUT2D eigenvalue weighted by molar-refractivity contribution is 0.0606. The van der Waals surface area contributed by atoms with Crippen molar-refractivity contribution in [3.8, 4) is 0 Å². The fourth-order valence-electron chi connectivity index (χ4n) is 1.03. The second-order valence-electron chi connectivity index (χ2n) is 4.45. The third-order valence-corrected chi connectivity index (χ3v) is 4.43. The molecule has 0 radical (unpaired) electrons. The SMILES string of the molecule is COC(=O)c1cc(S(=O)(=O)NCC(C)(C)N)cs1.Cl. The number of hydrogen-bond acceptors (Lipinski definition) is 6. The van der Waals surface area contributed by atoms with Crippen LogP contribution in [-0.2, 0) is 14.8 Å². The first kappa shape index (κ1) is 18.3. The van der Waals surface area contributed by atoms with E-state index in [1.54, 1.807) is 13.8 Å². The molecule has 1 heterocycles. The van der Waals surface area contributed by atoms with Gasteiger partial charge in [-0.05, 0) is 19.9 Å². The summed E-state index contributed by atoms with van der Waals surface area (Å²) in [6, 6.07) is 1.28. The minimum atomic E-state index is -3.64. The number of thiophene rings is 1. The van der Waals surface area contributed by atoms with Gasteiger partial charge in [0.05, 0.1) is 12.0 Å². The summed E-state index contributed by atoms with van der Waals surface area (Å²) >= 11 is 1.02. The van der Waals surface area contributed by atoms with Crippen LogP contribution >= 0.6 is 23.7 Å². The van der Waals surface area contributed by atoms with E-state index in [0.717, 1.165) is 11.3 Å². The Bertz CT molecular complexity index is 534. The number of ether oxygens (including phenoxy) is 1. The molecule has 1 aromatic heterocycles. The largest absolute Gasteiger partial charge is 0.465 e. The van der Waals surface area contributed by atoms with Crippen molar-refractivity contribution in [1.29, 1.82) is 0 Å². The lowest BCUT2D eigenvalue weighted by atomic mass is 10.1. The van der Waals surface area contributed by atoms with E-state index in [1.165, 1.54) is 18.6 Å². The van der Waals surface area contributed by atoms with Crippen LogP contribution in [-0.4, -0.2) is 33.6 Å². The van der Waals surface area contributed by atoms with Crippen molar-refractivity contribution >= 4 is 39.7 Å². The summed E-state index contributed by atoms with van der Waals surface area (Å²) in [5, 5.41) is 1.39. The zero-order chi connectivity index (χ0) is 14.0. The number of hydrogen-bond donors (Lipinski definition) is 2. The van der Waals surface area contributed by atoms with E-state index in [-0.39, 0.29) is 28.7 Å². The molecule has 19 heavy (non-hydrogen) atoms. The van der Waals surface area contributed by atoms with E-state index in [4.69, 9.17) is 5.73 Å². The van der Waals surface area contributed by atoms with Gasteiger partial charge < -0.3 is 10.5 Å². The maximum absolute atomic E-state index is 11.9. The van der Waals surface area contributed by atoms with E-state index in [0.29, 0.717) is 0 Å². The van der Waals surface area contributed by atoms with Crippen LogP contribution in [0.3, 0.4) is 0 Å². The molecule has 0 aliphatic rings. The Kier molecular flexibility index (Phi) is 6.43.